The fraction of sp³-hybridized carbons (Fsp3) is 0.238. The minimum absolute atomic E-state index is 0. The van der Waals surface area contributed by atoms with Crippen LogP contribution in [0.1, 0.15) is 42.3 Å². The minimum atomic E-state index is -0.176. The second kappa shape index (κ2) is 7.38. The first kappa shape index (κ1) is 18.5. The topological polar surface area (TPSA) is 29.4 Å². The Labute approximate surface area is 157 Å². The Morgan fingerprint density at radius 1 is 1.04 bits per heavy atom. The van der Waals surface area contributed by atoms with E-state index in [0.717, 1.165) is 28.0 Å². The first-order valence-electron chi connectivity index (χ1n) is 7.83. The number of ketones is 1. The maximum atomic E-state index is 12.8. The van der Waals surface area contributed by atoms with Gasteiger partial charge in [-0.3, -0.25) is 4.79 Å². The molecule has 0 aliphatic carbocycles. The number of allylic oxidation sites excluding steroid dienone is 2. The zero-order valence-corrected chi connectivity index (χ0v) is 16.5. The Kier molecular flexibility index (Phi) is 5.69. The first-order chi connectivity index (χ1) is 11.0. The van der Waals surface area contributed by atoms with Gasteiger partial charge in [-0.2, -0.15) is 0 Å². The van der Waals surface area contributed by atoms with Crippen molar-refractivity contribution in [2.75, 3.05) is 0 Å². The van der Waals surface area contributed by atoms with Crippen LogP contribution in [0, 0.1) is 11.5 Å². The van der Waals surface area contributed by atoms with Gasteiger partial charge < -0.3 is 4.99 Å². The Balaban J connectivity index is 0.00000208. The summed E-state index contributed by atoms with van der Waals surface area (Å²) in [6, 6.07) is 18.7. The standard InChI is InChI=1S/C21H20NO.Ir/c1-21(2,3)18-13-19(23)17-12-8-7-11-16(17)14-22-20(18)15-9-5-4-6-10-15;/h4-9,11-13H,14H2,1-3H3;/q-1;/b18-13+,22-20?;. The van der Waals surface area contributed by atoms with E-state index in [4.69, 9.17) is 4.99 Å². The van der Waals surface area contributed by atoms with Crippen LogP contribution in [0.2, 0.25) is 0 Å². The van der Waals surface area contributed by atoms with E-state index in [-0.39, 0.29) is 31.3 Å². The molecule has 0 N–H and O–H groups in total. The van der Waals surface area contributed by atoms with Crippen molar-refractivity contribution in [2.45, 2.75) is 27.3 Å². The molecule has 0 saturated heterocycles. The number of hydrogen-bond donors (Lipinski definition) is 0. The Bertz CT molecular complexity index is 798. The van der Waals surface area contributed by atoms with Gasteiger partial charge in [-0.1, -0.05) is 50.6 Å². The molecule has 0 saturated carbocycles. The monoisotopic (exact) mass is 495 g/mol. The van der Waals surface area contributed by atoms with Gasteiger partial charge >= 0.3 is 0 Å². The van der Waals surface area contributed by atoms with Gasteiger partial charge in [0.1, 0.15) is 0 Å². The first-order valence-corrected chi connectivity index (χ1v) is 7.83. The van der Waals surface area contributed by atoms with Crippen molar-refractivity contribution in [2.24, 2.45) is 10.4 Å². The van der Waals surface area contributed by atoms with E-state index in [2.05, 4.69) is 26.8 Å². The Morgan fingerprint density at radius 3 is 2.42 bits per heavy atom. The van der Waals surface area contributed by atoms with Crippen molar-refractivity contribution in [1.82, 2.24) is 0 Å². The van der Waals surface area contributed by atoms with Gasteiger partial charge in [0.05, 0.1) is 6.54 Å². The molecule has 0 fully saturated rings. The van der Waals surface area contributed by atoms with Crippen molar-refractivity contribution in [3.8, 4) is 0 Å². The van der Waals surface area contributed by atoms with E-state index in [0.29, 0.717) is 6.54 Å². The van der Waals surface area contributed by atoms with E-state index in [9.17, 15) is 4.79 Å². The van der Waals surface area contributed by atoms with Gasteiger partial charge in [0.2, 0.25) is 0 Å². The summed E-state index contributed by atoms with van der Waals surface area (Å²) in [5, 5.41) is 0. The molecule has 125 valence electrons. The molecule has 24 heavy (non-hydrogen) atoms. The maximum Gasteiger partial charge on any atom is 0.185 e. The van der Waals surface area contributed by atoms with Gasteiger partial charge in [0.25, 0.3) is 0 Å². The molecule has 2 aromatic rings. The zero-order valence-electron chi connectivity index (χ0n) is 14.1. The Morgan fingerprint density at radius 2 is 1.75 bits per heavy atom. The summed E-state index contributed by atoms with van der Waals surface area (Å²) >= 11 is 0. The van der Waals surface area contributed by atoms with Crippen molar-refractivity contribution in [1.29, 1.82) is 0 Å². The molecule has 0 spiro atoms. The van der Waals surface area contributed by atoms with E-state index in [1.165, 1.54) is 0 Å². The summed E-state index contributed by atoms with van der Waals surface area (Å²) < 4.78 is 0. The molecule has 2 nitrogen and oxygen atoms in total. The predicted molar refractivity (Wildman–Crippen MR) is 93.8 cm³/mol. The molecule has 1 aliphatic heterocycles. The average molecular weight is 495 g/mol. The molecule has 1 heterocycles. The molecule has 1 radical (unpaired) electrons. The normalized spacial score (nSPS) is 16.7. The van der Waals surface area contributed by atoms with Crippen molar-refractivity contribution in [3.63, 3.8) is 0 Å². The van der Waals surface area contributed by atoms with Crippen LogP contribution < -0.4 is 0 Å². The molecular formula is C21H20IrNO-. The van der Waals surface area contributed by atoms with Crippen LogP contribution in [0.5, 0.6) is 0 Å². The second-order valence-electron chi connectivity index (χ2n) is 6.77. The van der Waals surface area contributed by atoms with Gasteiger partial charge in [0.15, 0.2) is 5.78 Å². The molecule has 2 aromatic carbocycles. The third kappa shape index (κ3) is 3.80. The summed E-state index contributed by atoms with van der Waals surface area (Å²) in [6.45, 7) is 6.83. The molecule has 3 heteroatoms. The van der Waals surface area contributed by atoms with E-state index in [1.807, 2.05) is 48.5 Å². The van der Waals surface area contributed by atoms with Crippen LogP contribution in [0.15, 0.2) is 65.2 Å². The fourth-order valence-corrected chi connectivity index (χ4v) is 2.77. The van der Waals surface area contributed by atoms with Crippen LogP contribution in [0.4, 0.5) is 0 Å². The minimum Gasteiger partial charge on any atom is -0.328 e. The molecule has 0 bridgehead atoms. The van der Waals surface area contributed by atoms with E-state index >= 15 is 0 Å². The number of nitrogens with zero attached hydrogens (tertiary/aromatic N) is 1. The number of rotatable bonds is 1. The predicted octanol–water partition coefficient (Wildman–Crippen LogP) is 4.64. The molecule has 0 atom stereocenters. The van der Waals surface area contributed by atoms with Crippen LogP contribution in [0.25, 0.3) is 0 Å². The summed E-state index contributed by atoms with van der Waals surface area (Å²) in [6.07, 6.45) is 1.75. The molecule has 0 aromatic heterocycles. The van der Waals surface area contributed by atoms with Gasteiger partial charge in [-0.25, -0.2) is 0 Å². The number of fused-ring (bicyclic) bond motifs is 1. The average Bonchev–Trinajstić information content (AvgIpc) is 2.52. The van der Waals surface area contributed by atoms with Gasteiger partial charge in [-0.05, 0) is 22.8 Å². The van der Waals surface area contributed by atoms with E-state index < -0.39 is 0 Å². The number of aliphatic imine (C=N–C) groups is 1. The number of benzene rings is 2. The number of carbonyl (C=O) groups is 1. The molecule has 0 amide bonds. The fourth-order valence-electron chi connectivity index (χ4n) is 2.77. The molecule has 3 rings (SSSR count). The van der Waals surface area contributed by atoms with Gasteiger partial charge in [-0.15, -0.1) is 35.9 Å². The zero-order chi connectivity index (χ0) is 16.4. The maximum absolute atomic E-state index is 12.8. The van der Waals surface area contributed by atoms with Crippen LogP contribution in [0.3, 0.4) is 0 Å². The molecular weight excluding hydrogens is 474 g/mol. The van der Waals surface area contributed by atoms with Crippen molar-refractivity contribution < 1.29 is 24.9 Å². The van der Waals surface area contributed by atoms with Crippen molar-refractivity contribution >= 4 is 11.5 Å². The summed E-state index contributed by atoms with van der Waals surface area (Å²) in [5.41, 5.74) is 4.29. The number of hydrogen-bond acceptors (Lipinski definition) is 2. The van der Waals surface area contributed by atoms with Crippen LogP contribution in [-0.4, -0.2) is 11.5 Å². The molecule has 0 unspecified atom stereocenters. The summed E-state index contributed by atoms with van der Waals surface area (Å²) in [5.74, 6) is 0.0499. The van der Waals surface area contributed by atoms with Crippen LogP contribution >= 0.6 is 0 Å². The molecule has 1 aliphatic rings. The Hall–Kier alpha value is -1.83. The van der Waals surface area contributed by atoms with Crippen LogP contribution in [-0.2, 0) is 26.7 Å². The van der Waals surface area contributed by atoms with Gasteiger partial charge in [0, 0.05) is 25.7 Å². The van der Waals surface area contributed by atoms with E-state index in [1.54, 1.807) is 6.08 Å². The number of carbonyl (C=O) groups excluding carboxylic acids is 1. The largest absolute Gasteiger partial charge is 0.328 e. The third-order valence-electron chi connectivity index (χ3n) is 3.99. The van der Waals surface area contributed by atoms with Crippen molar-refractivity contribution in [3.05, 3.63) is 82.9 Å². The smallest absolute Gasteiger partial charge is 0.185 e. The summed E-state index contributed by atoms with van der Waals surface area (Å²) in [4.78, 5) is 17.6. The SMILES string of the molecule is CC(C)(C)/C1=C/C(=O)c2ccccc2CN=C1c1[c-]cccc1.[Ir]. The quantitative estimate of drug-likeness (QED) is 0.531. The summed E-state index contributed by atoms with van der Waals surface area (Å²) in [7, 11) is 0. The third-order valence-corrected chi connectivity index (χ3v) is 3.99. The second-order valence-corrected chi connectivity index (χ2v) is 6.77.